The molecule has 0 amide bonds. The molecule has 2 atom stereocenters. The zero-order chi connectivity index (χ0) is 15.1. The van der Waals surface area contributed by atoms with Crippen molar-refractivity contribution in [1.82, 2.24) is 4.90 Å². The molecule has 0 fully saturated rings. The summed E-state index contributed by atoms with van der Waals surface area (Å²) in [5.74, 6) is 1.63. The lowest BCUT2D eigenvalue weighted by molar-refractivity contribution is 0.230. The fraction of sp³-hybridized carbons (Fsp3) is 0.647. The summed E-state index contributed by atoms with van der Waals surface area (Å²) in [6.07, 6.45) is 2.06. The average Bonchev–Trinajstić information content (AvgIpc) is 2.38. The van der Waals surface area contributed by atoms with Crippen LogP contribution in [0.1, 0.15) is 32.8 Å². The molecule has 0 bridgehead atoms. The van der Waals surface area contributed by atoms with Crippen molar-refractivity contribution in [3.05, 3.63) is 29.8 Å². The molecule has 2 N–H and O–H groups in total. The normalized spacial score (nSPS) is 14.6. The van der Waals surface area contributed by atoms with Crippen LogP contribution < -0.4 is 10.5 Å². The van der Waals surface area contributed by atoms with Crippen molar-refractivity contribution in [2.75, 3.05) is 20.7 Å². The van der Waals surface area contributed by atoms with E-state index in [0.717, 1.165) is 25.1 Å². The number of ether oxygens (including phenoxy) is 1. The lowest BCUT2D eigenvalue weighted by Crippen LogP contribution is -2.41. The Morgan fingerprint density at radius 2 is 1.85 bits per heavy atom. The molecular weight excluding hydrogens is 248 g/mol. The number of hydrogen-bond donors (Lipinski definition) is 1. The summed E-state index contributed by atoms with van der Waals surface area (Å²) in [6, 6.07) is 8.93. The zero-order valence-electron chi connectivity index (χ0n) is 13.6. The third kappa shape index (κ3) is 5.51. The third-order valence-corrected chi connectivity index (χ3v) is 3.76. The van der Waals surface area contributed by atoms with E-state index < -0.39 is 0 Å². The van der Waals surface area contributed by atoms with Gasteiger partial charge in [0.05, 0.1) is 7.11 Å². The number of rotatable bonds is 8. The highest BCUT2D eigenvalue weighted by Crippen LogP contribution is 2.20. The molecule has 2 unspecified atom stereocenters. The maximum atomic E-state index is 6.20. The largest absolute Gasteiger partial charge is 0.496 e. The van der Waals surface area contributed by atoms with Gasteiger partial charge in [0.25, 0.3) is 0 Å². The van der Waals surface area contributed by atoms with E-state index in [9.17, 15) is 0 Å². The quantitative estimate of drug-likeness (QED) is 0.794. The minimum atomic E-state index is 0.250. The minimum absolute atomic E-state index is 0.250. The second kappa shape index (κ2) is 8.28. The van der Waals surface area contributed by atoms with E-state index >= 15 is 0 Å². The Morgan fingerprint density at radius 1 is 1.20 bits per heavy atom. The number of hydrogen-bond acceptors (Lipinski definition) is 3. The van der Waals surface area contributed by atoms with Gasteiger partial charge in [-0.25, -0.2) is 0 Å². The van der Waals surface area contributed by atoms with Crippen LogP contribution in [0.25, 0.3) is 0 Å². The van der Waals surface area contributed by atoms with Crippen molar-refractivity contribution in [3.8, 4) is 5.75 Å². The van der Waals surface area contributed by atoms with Gasteiger partial charge in [-0.1, -0.05) is 32.0 Å². The SMILES string of the molecule is COc1ccccc1CC(C)N(C)CC(N)CC(C)C. The van der Waals surface area contributed by atoms with E-state index in [4.69, 9.17) is 10.5 Å². The lowest BCUT2D eigenvalue weighted by atomic mass is 10.0. The van der Waals surface area contributed by atoms with E-state index in [1.165, 1.54) is 5.56 Å². The zero-order valence-corrected chi connectivity index (χ0v) is 13.6. The first kappa shape index (κ1) is 17.0. The van der Waals surface area contributed by atoms with Crippen LogP contribution in [-0.4, -0.2) is 37.7 Å². The average molecular weight is 278 g/mol. The van der Waals surface area contributed by atoms with Crippen molar-refractivity contribution in [2.24, 2.45) is 11.7 Å². The van der Waals surface area contributed by atoms with E-state index in [-0.39, 0.29) is 6.04 Å². The van der Waals surface area contributed by atoms with E-state index in [0.29, 0.717) is 12.0 Å². The van der Waals surface area contributed by atoms with Gasteiger partial charge >= 0.3 is 0 Å². The molecule has 0 aromatic heterocycles. The molecule has 20 heavy (non-hydrogen) atoms. The van der Waals surface area contributed by atoms with Crippen LogP contribution in [0.2, 0.25) is 0 Å². The van der Waals surface area contributed by atoms with Crippen LogP contribution in [0.4, 0.5) is 0 Å². The van der Waals surface area contributed by atoms with Crippen LogP contribution in [0.5, 0.6) is 5.75 Å². The molecule has 1 aromatic rings. The first-order valence-electron chi connectivity index (χ1n) is 7.51. The Labute approximate surface area is 124 Å². The summed E-state index contributed by atoms with van der Waals surface area (Å²) >= 11 is 0. The van der Waals surface area contributed by atoms with Crippen LogP contribution in [0.3, 0.4) is 0 Å². The van der Waals surface area contributed by atoms with Gasteiger partial charge in [0, 0.05) is 18.6 Å². The van der Waals surface area contributed by atoms with Crippen molar-refractivity contribution in [2.45, 2.75) is 45.7 Å². The number of nitrogens with two attached hydrogens (primary N) is 1. The molecule has 0 aliphatic carbocycles. The highest BCUT2D eigenvalue weighted by atomic mass is 16.5. The van der Waals surface area contributed by atoms with Crippen molar-refractivity contribution in [3.63, 3.8) is 0 Å². The second-order valence-corrected chi connectivity index (χ2v) is 6.19. The molecule has 0 spiro atoms. The maximum absolute atomic E-state index is 6.20. The summed E-state index contributed by atoms with van der Waals surface area (Å²) in [5.41, 5.74) is 7.45. The van der Waals surface area contributed by atoms with Gasteiger partial charge in [-0.05, 0) is 44.4 Å². The Morgan fingerprint density at radius 3 is 2.45 bits per heavy atom. The molecule has 1 aromatic carbocycles. The summed E-state index contributed by atoms with van der Waals surface area (Å²) < 4.78 is 5.42. The predicted octanol–water partition coefficient (Wildman–Crippen LogP) is 2.93. The number of benzene rings is 1. The topological polar surface area (TPSA) is 38.5 Å². The second-order valence-electron chi connectivity index (χ2n) is 6.19. The molecule has 3 nitrogen and oxygen atoms in total. The minimum Gasteiger partial charge on any atom is -0.496 e. The standard InChI is InChI=1S/C17H30N2O/c1-13(2)10-16(18)12-19(4)14(3)11-15-8-6-7-9-17(15)20-5/h6-9,13-14,16H,10-12,18H2,1-5H3. The molecule has 0 aliphatic rings. The highest BCUT2D eigenvalue weighted by molar-refractivity contribution is 5.33. The monoisotopic (exact) mass is 278 g/mol. The first-order chi connectivity index (χ1) is 9.43. The summed E-state index contributed by atoms with van der Waals surface area (Å²) in [7, 11) is 3.88. The molecule has 0 saturated heterocycles. The summed E-state index contributed by atoms with van der Waals surface area (Å²) in [6.45, 7) is 7.62. The van der Waals surface area contributed by atoms with Gasteiger partial charge in [0.2, 0.25) is 0 Å². The van der Waals surface area contributed by atoms with Gasteiger partial charge in [-0.3, -0.25) is 0 Å². The molecule has 0 heterocycles. The molecule has 0 saturated carbocycles. The smallest absolute Gasteiger partial charge is 0.122 e. The van der Waals surface area contributed by atoms with Crippen LogP contribution in [0.15, 0.2) is 24.3 Å². The van der Waals surface area contributed by atoms with Gasteiger partial charge in [-0.2, -0.15) is 0 Å². The van der Waals surface area contributed by atoms with E-state index in [1.807, 2.05) is 12.1 Å². The van der Waals surface area contributed by atoms with Crippen LogP contribution >= 0.6 is 0 Å². The number of likely N-dealkylation sites (N-methyl/N-ethyl adjacent to an activating group) is 1. The summed E-state index contributed by atoms with van der Waals surface area (Å²) in [4.78, 5) is 2.35. The fourth-order valence-corrected chi connectivity index (χ4v) is 2.58. The Kier molecular flexibility index (Phi) is 7.03. The first-order valence-corrected chi connectivity index (χ1v) is 7.51. The van der Waals surface area contributed by atoms with Gasteiger partial charge < -0.3 is 15.4 Å². The van der Waals surface area contributed by atoms with Crippen molar-refractivity contribution in [1.29, 1.82) is 0 Å². The fourth-order valence-electron chi connectivity index (χ4n) is 2.58. The molecule has 114 valence electrons. The van der Waals surface area contributed by atoms with E-state index in [1.54, 1.807) is 7.11 Å². The highest BCUT2D eigenvalue weighted by Gasteiger charge is 2.15. The van der Waals surface area contributed by atoms with Gasteiger partial charge in [0.15, 0.2) is 0 Å². The molecular formula is C17H30N2O. The van der Waals surface area contributed by atoms with Crippen molar-refractivity contribution >= 4 is 0 Å². The molecule has 0 radical (unpaired) electrons. The maximum Gasteiger partial charge on any atom is 0.122 e. The molecule has 0 aliphatic heterocycles. The van der Waals surface area contributed by atoms with Crippen LogP contribution in [0, 0.1) is 5.92 Å². The Hall–Kier alpha value is -1.06. The molecule has 3 heteroatoms. The Balaban J connectivity index is 2.54. The third-order valence-electron chi connectivity index (χ3n) is 3.76. The van der Waals surface area contributed by atoms with Crippen molar-refractivity contribution < 1.29 is 4.74 Å². The number of para-hydroxylation sites is 1. The van der Waals surface area contributed by atoms with Gasteiger partial charge in [-0.15, -0.1) is 0 Å². The van der Waals surface area contributed by atoms with E-state index in [2.05, 4.69) is 44.9 Å². The van der Waals surface area contributed by atoms with Gasteiger partial charge in [0.1, 0.15) is 5.75 Å². The number of nitrogens with zero attached hydrogens (tertiary/aromatic N) is 1. The Bertz CT molecular complexity index is 392. The number of methoxy groups -OCH3 is 1. The lowest BCUT2D eigenvalue weighted by Gasteiger charge is -2.28. The van der Waals surface area contributed by atoms with Crippen LogP contribution in [-0.2, 0) is 6.42 Å². The predicted molar refractivity (Wildman–Crippen MR) is 86.2 cm³/mol. The summed E-state index contributed by atoms with van der Waals surface area (Å²) in [5, 5.41) is 0. The molecule has 1 rings (SSSR count).